The molecule has 0 unspecified atom stereocenters. The SMILES string of the molecule is CC(C)(C)c1cc(-c2cc(-c3cc4sc5c(c4s3)-c3ccccc3-c3ccccc3-c3ccccc3-5)ccn2)[c-]c2ccccc12.CCC(CC)C(=O)/C=C(\O)C(CC)CC.[Ir]. The molecule has 1 aliphatic rings. The number of fused-ring (bicyclic) bond motifs is 11. The zero-order valence-electron chi connectivity index (χ0n) is 36.6. The van der Waals surface area contributed by atoms with Gasteiger partial charge in [0.05, 0.1) is 10.5 Å². The number of rotatable bonds is 9. The average molecular weight is 1030 g/mol. The van der Waals surface area contributed by atoms with Crippen LogP contribution in [-0.2, 0) is 30.3 Å². The topological polar surface area (TPSA) is 50.2 Å². The monoisotopic (exact) mass is 1030 g/mol. The Bertz CT molecular complexity index is 2900. The van der Waals surface area contributed by atoms with E-state index in [-0.39, 0.29) is 48.9 Å². The fourth-order valence-electron chi connectivity index (χ4n) is 8.77. The number of carbonyl (C=O) groups excluding carboxylic acids is 1. The third-order valence-electron chi connectivity index (χ3n) is 12.2. The summed E-state index contributed by atoms with van der Waals surface area (Å²) in [5.41, 5.74) is 13.6. The molecule has 1 N–H and O–H groups in total. The standard InChI is InChI=1S/C43H30NS2.C13H24O2.Ir/c1-43(2,3)36-23-28(22-26-12-4-5-13-29(26)36)37-24-27(20-21-44-37)38-25-39-42(45-38)40-34-18-10-8-16-32(34)30-14-6-7-15-31(30)33-17-9-11-19-35(33)41(40)46-39;1-5-10(6-2)12(14)9-13(15)11(7-3)8-4;/h4-21,23-25H,1-3H3;9-11,14H,5-8H2,1-4H3;/q-1;;/b;12-9-;. The van der Waals surface area contributed by atoms with Crippen molar-refractivity contribution in [2.24, 2.45) is 11.8 Å². The number of allylic oxidation sites excluding steroid dienone is 2. The van der Waals surface area contributed by atoms with Gasteiger partial charge in [0.15, 0.2) is 5.78 Å². The molecule has 3 aromatic heterocycles. The molecule has 6 heteroatoms. The number of benzene rings is 5. The molecular weight excluding hydrogens is 975 g/mol. The molecule has 317 valence electrons. The molecule has 3 nitrogen and oxygen atoms in total. The molecule has 5 aromatic carbocycles. The molecule has 0 atom stereocenters. The minimum absolute atomic E-state index is 0. The summed E-state index contributed by atoms with van der Waals surface area (Å²) in [7, 11) is 0. The van der Waals surface area contributed by atoms with Gasteiger partial charge in [0.25, 0.3) is 0 Å². The van der Waals surface area contributed by atoms with E-state index in [4.69, 9.17) is 4.98 Å². The smallest absolute Gasteiger partial charge is 0.162 e. The van der Waals surface area contributed by atoms with Gasteiger partial charge < -0.3 is 5.11 Å². The van der Waals surface area contributed by atoms with E-state index in [1.54, 1.807) is 0 Å². The first-order valence-corrected chi connectivity index (χ1v) is 23.4. The van der Waals surface area contributed by atoms with Crippen LogP contribution in [0, 0.1) is 17.9 Å². The Morgan fingerprint density at radius 2 is 1.24 bits per heavy atom. The largest absolute Gasteiger partial charge is 0.512 e. The molecule has 0 bridgehead atoms. The van der Waals surface area contributed by atoms with Gasteiger partial charge in [-0.2, -0.15) is 0 Å². The van der Waals surface area contributed by atoms with Crippen LogP contribution in [0.4, 0.5) is 0 Å². The van der Waals surface area contributed by atoms with E-state index in [0.29, 0.717) is 0 Å². The molecular formula is C56H54IrNO2S2-. The van der Waals surface area contributed by atoms with Crippen LogP contribution in [0.2, 0.25) is 0 Å². The van der Waals surface area contributed by atoms with Gasteiger partial charge in [0, 0.05) is 75.5 Å². The van der Waals surface area contributed by atoms with Crippen LogP contribution in [-0.4, -0.2) is 15.9 Å². The van der Waals surface area contributed by atoms with E-state index in [2.05, 4.69) is 148 Å². The van der Waals surface area contributed by atoms with Gasteiger partial charge in [-0.1, -0.05) is 156 Å². The van der Waals surface area contributed by atoms with Crippen LogP contribution in [0.3, 0.4) is 0 Å². The molecule has 9 rings (SSSR count). The number of hydrogen-bond donors (Lipinski definition) is 1. The summed E-state index contributed by atoms with van der Waals surface area (Å²) in [5, 5.41) is 12.2. The molecule has 8 aromatic rings. The Balaban J connectivity index is 0.000000312. The summed E-state index contributed by atoms with van der Waals surface area (Å²) in [4.78, 5) is 19.2. The van der Waals surface area contributed by atoms with Crippen LogP contribution >= 0.6 is 22.7 Å². The zero-order valence-corrected chi connectivity index (χ0v) is 40.7. The maximum Gasteiger partial charge on any atom is 0.162 e. The van der Waals surface area contributed by atoms with Crippen molar-refractivity contribution < 1.29 is 30.0 Å². The third kappa shape index (κ3) is 8.81. The molecule has 0 fully saturated rings. The van der Waals surface area contributed by atoms with Gasteiger partial charge in [-0.3, -0.25) is 9.78 Å². The van der Waals surface area contributed by atoms with Crippen molar-refractivity contribution in [3.8, 4) is 65.5 Å². The Labute approximate surface area is 389 Å². The third-order valence-corrected chi connectivity index (χ3v) is 14.7. The number of hydrogen-bond acceptors (Lipinski definition) is 5. The number of aliphatic hydroxyl groups is 1. The van der Waals surface area contributed by atoms with Crippen molar-refractivity contribution in [2.45, 2.75) is 79.6 Å². The van der Waals surface area contributed by atoms with Gasteiger partial charge in [0.1, 0.15) is 0 Å². The van der Waals surface area contributed by atoms with Crippen molar-refractivity contribution in [3.63, 3.8) is 0 Å². The molecule has 3 heterocycles. The Kier molecular flexibility index (Phi) is 13.9. The predicted molar refractivity (Wildman–Crippen MR) is 263 cm³/mol. The van der Waals surface area contributed by atoms with Crippen molar-refractivity contribution in [2.75, 3.05) is 0 Å². The van der Waals surface area contributed by atoms with Crippen molar-refractivity contribution in [3.05, 3.63) is 151 Å². The van der Waals surface area contributed by atoms with E-state index >= 15 is 0 Å². The van der Waals surface area contributed by atoms with Gasteiger partial charge >= 0.3 is 0 Å². The van der Waals surface area contributed by atoms with E-state index < -0.39 is 0 Å². The first kappa shape index (κ1) is 45.1. The predicted octanol–water partition coefficient (Wildman–Crippen LogP) is 16.8. The normalized spacial score (nSPS) is 12.1. The van der Waals surface area contributed by atoms with Crippen molar-refractivity contribution >= 4 is 48.6 Å². The minimum atomic E-state index is 0. The number of aliphatic hydroxyl groups excluding tert-OH is 1. The second-order valence-corrected chi connectivity index (χ2v) is 19.2. The number of aromatic nitrogens is 1. The first-order valence-electron chi connectivity index (χ1n) is 21.8. The number of thiophene rings is 2. The van der Waals surface area contributed by atoms with Gasteiger partial charge in [-0.05, 0) is 76.6 Å². The molecule has 1 aliphatic carbocycles. The number of carbonyl (C=O) groups is 1. The summed E-state index contributed by atoms with van der Waals surface area (Å²) in [6.07, 6.45) is 6.86. The quantitative estimate of drug-likeness (QED) is 0.0890. The second kappa shape index (κ2) is 19.2. The van der Waals surface area contributed by atoms with Crippen LogP contribution in [0.1, 0.15) is 79.7 Å². The molecule has 0 saturated heterocycles. The number of ketones is 1. The Hall–Kier alpha value is -4.97. The number of nitrogens with zero attached hydrogens (tertiary/aromatic N) is 1. The van der Waals surface area contributed by atoms with Crippen LogP contribution in [0.5, 0.6) is 0 Å². The van der Waals surface area contributed by atoms with Gasteiger partial charge in [0.2, 0.25) is 0 Å². The fourth-order valence-corrected chi connectivity index (χ4v) is 11.5. The molecule has 0 amide bonds. The first-order chi connectivity index (χ1) is 29.5. The van der Waals surface area contributed by atoms with Crippen LogP contribution in [0.15, 0.2) is 139 Å². The van der Waals surface area contributed by atoms with Crippen molar-refractivity contribution in [1.29, 1.82) is 0 Å². The second-order valence-electron chi connectivity index (χ2n) is 17.1. The molecule has 1 radical (unpaired) electrons. The van der Waals surface area contributed by atoms with Gasteiger partial charge in [-0.25, -0.2) is 0 Å². The fraction of sp³-hybridized carbons (Fsp3) is 0.250. The molecule has 62 heavy (non-hydrogen) atoms. The zero-order chi connectivity index (χ0) is 42.8. The van der Waals surface area contributed by atoms with Gasteiger partial charge in [-0.15, -0.1) is 51.8 Å². The number of pyridine rings is 1. The van der Waals surface area contributed by atoms with E-state index in [1.165, 1.54) is 80.7 Å². The van der Waals surface area contributed by atoms with Crippen molar-refractivity contribution in [1.82, 2.24) is 4.98 Å². The molecule has 0 saturated carbocycles. The minimum Gasteiger partial charge on any atom is -0.512 e. The summed E-state index contributed by atoms with van der Waals surface area (Å²) in [5.74, 6) is 0.547. The van der Waals surface area contributed by atoms with Crippen LogP contribution < -0.4 is 0 Å². The summed E-state index contributed by atoms with van der Waals surface area (Å²) < 4.78 is 2.67. The maximum absolute atomic E-state index is 11.7. The van der Waals surface area contributed by atoms with E-state index in [0.717, 1.165) is 42.3 Å². The summed E-state index contributed by atoms with van der Waals surface area (Å²) in [6.45, 7) is 14.9. The molecule has 0 aliphatic heterocycles. The summed E-state index contributed by atoms with van der Waals surface area (Å²) >= 11 is 3.81. The van der Waals surface area contributed by atoms with Crippen LogP contribution in [0.25, 0.3) is 85.7 Å². The van der Waals surface area contributed by atoms with E-state index in [1.807, 2.05) is 56.6 Å². The molecule has 0 spiro atoms. The average Bonchev–Trinajstić information content (AvgIpc) is 3.85. The Morgan fingerprint density at radius 3 is 1.85 bits per heavy atom. The Morgan fingerprint density at radius 1 is 0.694 bits per heavy atom. The summed E-state index contributed by atoms with van der Waals surface area (Å²) in [6, 6.07) is 48.0. The van der Waals surface area contributed by atoms with E-state index in [9.17, 15) is 9.90 Å². The maximum atomic E-state index is 11.7.